The number of aromatic nitrogens is 4. The fourth-order valence-electron chi connectivity index (χ4n) is 4.39. The monoisotopic (exact) mass is 595 g/mol. The van der Waals surface area contributed by atoms with E-state index in [2.05, 4.69) is 30.6 Å². The normalized spacial score (nSPS) is 12.5. The fraction of sp³-hybridized carbons (Fsp3) is 0.500. The van der Waals surface area contributed by atoms with Gasteiger partial charge < -0.3 is 19.4 Å². The third-order valence-corrected chi connectivity index (χ3v) is 6.98. The van der Waals surface area contributed by atoms with Gasteiger partial charge in [0.2, 0.25) is 17.6 Å². The molecule has 0 saturated heterocycles. The van der Waals surface area contributed by atoms with Crippen molar-refractivity contribution in [3.8, 4) is 0 Å². The van der Waals surface area contributed by atoms with Crippen LogP contribution < -0.4 is 21.1 Å². The zero-order chi connectivity index (χ0) is 32.3. The van der Waals surface area contributed by atoms with Crippen LogP contribution >= 0.6 is 0 Å². The van der Waals surface area contributed by atoms with Gasteiger partial charge in [-0.2, -0.15) is 0 Å². The topological polar surface area (TPSA) is 162 Å². The number of hydrogen-bond donors (Lipinski definition) is 2. The number of anilines is 2. The summed E-state index contributed by atoms with van der Waals surface area (Å²) in [7, 11) is 5.08. The Balaban J connectivity index is 1.86. The lowest BCUT2D eigenvalue weighted by Crippen LogP contribution is -2.47. The van der Waals surface area contributed by atoms with Gasteiger partial charge in [-0.3, -0.25) is 24.3 Å². The Morgan fingerprint density at radius 3 is 2.21 bits per heavy atom. The van der Waals surface area contributed by atoms with Crippen LogP contribution in [0.4, 0.5) is 16.2 Å². The molecule has 0 radical (unpaired) electrons. The maximum absolute atomic E-state index is 13.5. The number of benzene rings is 1. The molecule has 0 saturated carbocycles. The highest BCUT2D eigenvalue weighted by atomic mass is 16.5. The number of nitrogens with one attached hydrogen (secondary N) is 2. The summed E-state index contributed by atoms with van der Waals surface area (Å²) in [4.78, 5) is 58.1. The molecule has 0 fully saturated rings. The maximum Gasteiger partial charge on any atom is 0.411 e. The lowest BCUT2D eigenvalue weighted by Gasteiger charge is -2.24. The minimum atomic E-state index is -1.01. The summed E-state index contributed by atoms with van der Waals surface area (Å²) >= 11 is 0. The van der Waals surface area contributed by atoms with E-state index in [0.29, 0.717) is 5.82 Å². The van der Waals surface area contributed by atoms with Crippen molar-refractivity contribution < 1.29 is 23.5 Å². The van der Waals surface area contributed by atoms with E-state index in [1.165, 1.54) is 6.20 Å². The first kappa shape index (κ1) is 33.0. The molecule has 2 N–H and O–H groups in total. The third-order valence-electron chi connectivity index (χ3n) is 6.98. The van der Waals surface area contributed by atoms with Gasteiger partial charge in [0.05, 0.1) is 24.8 Å². The number of Topliss-reactive ketones (excluding diaryl/α,β-unsaturated/α-hetero) is 1. The Morgan fingerprint density at radius 2 is 1.67 bits per heavy atom. The Labute approximate surface area is 251 Å². The molecular weight excluding hydrogens is 554 g/mol. The molecule has 2 aromatic heterocycles. The van der Waals surface area contributed by atoms with Crippen molar-refractivity contribution >= 4 is 29.2 Å². The highest BCUT2D eigenvalue weighted by molar-refractivity contribution is 5.98. The number of methoxy groups -OCH3 is 1. The minimum absolute atomic E-state index is 0.151. The van der Waals surface area contributed by atoms with Crippen LogP contribution in [0.2, 0.25) is 0 Å². The van der Waals surface area contributed by atoms with Crippen LogP contribution in [0, 0.1) is 5.92 Å². The quantitative estimate of drug-likeness (QED) is 0.332. The number of ether oxygens (including phenoxy) is 1. The first-order valence-electron chi connectivity index (χ1n) is 13.9. The van der Waals surface area contributed by atoms with Crippen molar-refractivity contribution in [3.63, 3.8) is 0 Å². The smallest absolute Gasteiger partial charge is 0.411 e. The maximum atomic E-state index is 13.5. The van der Waals surface area contributed by atoms with E-state index in [-0.39, 0.29) is 23.4 Å². The molecule has 2 heterocycles. The highest BCUT2D eigenvalue weighted by Crippen LogP contribution is 2.32. The van der Waals surface area contributed by atoms with Crippen molar-refractivity contribution in [1.82, 2.24) is 25.1 Å². The van der Waals surface area contributed by atoms with Crippen LogP contribution in [0.15, 0.2) is 39.7 Å². The standard InChI is InChI=1S/C30H41N7O6/c1-17(2)22(23(39)24-34-35-27(43-24)30(6,7)18-11-13-19(14-12-18)36(8)9)33-21(38)16-37-25(40)20(32-28(41)42-10)15-31-26(37)29(3,4)5/h11-15,17,22H,16H2,1-10H3,(H,32,41)(H,33,38)/t22-/m1/s1. The predicted molar refractivity (Wildman–Crippen MR) is 162 cm³/mol. The highest BCUT2D eigenvalue weighted by Gasteiger charge is 2.34. The van der Waals surface area contributed by atoms with Gasteiger partial charge in [-0.25, -0.2) is 9.78 Å². The van der Waals surface area contributed by atoms with Gasteiger partial charge in [0.15, 0.2) is 0 Å². The van der Waals surface area contributed by atoms with Crippen LogP contribution in [0.25, 0.3) is 0 Å². The van der Waals surface area contributed by atoms with Gasteiger partial charge >= 0.3 is 6.09 Å². The molecule has 1 atom stereocenters. The lowest BCUT2D eigenvalue weighted by molar-refractivity contribution is -0.122. The molecule has 2 amide bonds. The van der Waals surface area contributed by atoms with Gasteiger partial charge in [-0.1, -0.05) is 46.8 Å². The zero-order valence-electron chi connectivity index (χ0n) is 26.4. The second-order valence-corrected chi connectivity index (χ2v) is 12.4. The first-order chi connectivity index (χ1) is 20.0. The van der Waals surface area contributed by atoms with Crippen molar-refractivity contribution in [1.29, 1.82) is 0 Å². The SMILES string of the molecule is COC(=O)Nc1cnc(C(C)(C)C)n(CC(=O)N[C@@H](C(=O)c2nnc(C(C)(C)c3ccc(N(C)C)cc3)o2)C(C)C)c1=O. The molecule has 0 unspecified atom stereocenters. The lowest BCUT2D eigenvalue weighted by atomic mass is 9.84. The summed E-state index contributed by atoms with van der Waals surface area (Å²) in [5.41, 5.74) is -0.135. The van der Waals surface area contributed by atoms with E-state index < -0.39 is 46.8 Å². The Morgan fingerprint density at radius 1 is 1.05 bits per heavy atom. The average Bonchev–Trinajstić information content (AvgIpc) is 3.44. The van der Waals surface area contributed by atoms with E-state index in [0.717, 1.165) is 22.9 Å². The van der Waals surface area contributed by atoms with Crippen molar-refractivity contribution in [2.24, 2.45) is 5.92 Å². The summed E-state index contributed by atoms with van der Waals surface area (Å²) in [5, 5.41) is 13.2. The summed E-state index contributed by atoms with van der Waals surface area (Å²) in [6.07, 6.45) is 0.372. The Hall–Kier alpha value is -4.55. The van der Waals surface area contributed by atoms with Crippen LogP contribution in [-0.2, 0) is 26.9 Å². The van der Waals surface area contributed by atoms with Gasteiger partial charge in [-0.15, -0.1) is 10.2 Å². The van der Waals surface area contributed by atoms with E-state index in [1.54, 1.807) is 13.8 Å². The van der Waals surface area contributed by atoms with Crippen LogP contribution in [-0.4, -0.2) is 64.8 Å². The molecule has 3 aromatic rings. The Bertz CT molecular complexity index is 1530. The fourth-order valence-corrected chi connectivity index (χ4v) is 4.39. The summed E-state index contributed by atoms with van der Waals surface area (Å²) in [6.45, 7) is 12.4. The molecule has 43 heavy (non-hydrogen) atoms. The summed E-state index contributed by atoms with van der Waals surface area (Å²) in [5.74, 6) is -1.17. The third kappa shape index (κ3) is 7.46. The molecule has 13 heteroatoms. The van der Waals surface area contributed by atoms with Crippen molar-refractivity contribution in [3.05, 3.63) is 64.0 Å². The van der Waals surface area contributed by atoms with Gasteiger partial charge in [-0.05, 0) is 37.5 Å². The second-order valence-electron chi connectivity index (χ2n) is 12.4. The van der Waals surface area contributed by atoms with Gasteiger partial charge in [0.25, 0.3) is 11.4 Å². The molecule has 0 spiro atoms. The van der Waals surface area contributed by atoms with Crippen LogP contribution in [0.1, 0.15) is 76.4 Å². The molecule has 0 aliphatic heterocycles. The van der Waals surface area contributed by atoms with Crippen molar-refractivity contribution in [2.75, 3.05) is 31.4 Å². The van der Waals surface area contributed by atoms with E-state index >= 15 is 0 Å². The largest absolute Gasteiger partial charge is 0.453 e. The second kappa shape index (κ2) is 12.8. The van der Waals surface area contributed by atoms with Gasteiger partial charge in [0, 0.05) is 25.2 Å². The van der Waals surface area contributed by atoms with E-state index in [9.17, 15) is 19.2 Å². The van der Waals surface area contributed by atoms with E-state index in [1.807, 2.05) is 77.9 Å². The molecule has 0 bridgehead atoms. The first-order valence-corrected chi connectivity index (χ1v) is 13.9. The number of carbonyl (C=O) groups excluding carboxylic acids is 3. The zero-order valence-corrected chi connectivity index (χ0v) is 26.4. The van der Waals surface area contributed by atoms with E-state index in [4.69, 9.17) is 4.42 Å². The van der Waals surface area contributed by atoms with Crippen molar-refractivity contribution in [2.45, 2.75) is 71.9 Å². The molecule has 13 nitrogen and oxygen atoms in total. The molecule has 3 rings (SSSR count). The van der Waals surface area contributed by atoms with Crippen LogP contribution in [0.3, 0.4) is 0 Å². The number of carbonyl (C=O) groups is 3. The number of hydrogen-bond acceptors (Lipinski definition) is 10. The summed E-state index contributed by atoms with van der Waals surface area (Å²) < 4.78 is 11.6. The number of amides is 2. The minimum Gasteiger partial charge on any atom is -0.453 e. The summed E-state index contributed by atoms with van der Waals surface area (Å²) in [6, 6.07) is 6.89. The molecule has 0 aliphatic rings. The number of rotatable bonds is 10. The van der Waals surface area contributed by atoms with Gasteiger partial charge in [0.1, 0.15) is 18.1 Å². The molecule has 232 valence electrons. The molecule has 0 aliphatic carbocycles. The van der Waals surface area contributed by atoms with Crippen LogP contribution in [0.5, 0.6) is 0 Å². The average molecular weight is 596 g/mol. The predicted octanol–water partition coefficient (Wildman–Crippen LogP) is 3.52. The number of nitrogens with zero attached hydrogens (tertiary/aromatic N) is 5. The molecular formula is C30H41N7O6. The molecule has 1 aromatic carbocycles. The Kier molecular flexibility index (Phi) is 9.78. The number of ketones is 1.